The maximum atomic E-state index is 12.1. The van der Waals surface area contributed by atoms with E-state index in [2.05, 4.69) is 44.6 Å². The summed E-state index contributed by atoms with van der Waals surface area (Å²) in [6.45, 7) is 5.37. The number of hydrogen-bond acceptors (Lipinski definition) is 3. The molecule has 3 rings (SSSR count). The Labute approximate surface area is 176 Å². The fourth-order valence-corrected chi connectivity index (χ4v) is 2.96. The van der Waals surface area contributed by atoms with E-state index in [-0.39, 0.29) is 5.91 Å². The molecular formula is C21H23F3N4O3. The minimum atomic E-state index is -5.08. The number of carboxylic acid groups (broad SMARTS) is 1. The summed E-state index contributed by atoms with van der Waals surface area (Å²) >= 11 is 0. The molecule has 0 saturated carbocycles. The number of carboxylic acids is 1. The molecule has 7 nitrogen and oxygen atoms in total. The Balaban J connectivity index is 0.000000423. The van der Waals surface area contributed by atoms with Gasteiger partial charge in [0.1, 0.15) is 5.82 Å². The summed E-state index contributed by atoms with van der Waals surface area (Å²) in [7, 11) is 2.00. The van der Waals surface area contributed by atoms with Crippen LogP contribution in [0.4, 0.5) is 13.2 Å². The van der Waals surface area contributed by atoms with Crippen LogP contribution in [0.15, 0.2) is 42.6 Å². The molecule has 2 N–H and O–H groups in total. The Morgan fingerprint density at radius 2 is 1.90 bits per heavy atom. The molecule has 31 heavy (non-hydrogen) atoms. The van der Waals surface area contributed by atoms with E-state index in [9.17, 15) is 18.0 Å². The van der Waals surface area contributed by atoms with Gasteiger partial charge in [0.2, 0.25) is 5.91 Å². The number of nitrogens with one attached hydrogen (secondary N) is 1. The standard InChI is InChI=1S/C19H22N4O.C2HF3O2/c1-4-23-14(2)20-12-17(23)13-21-19(24)10-9-16-11-15-7-5-6-8-18(15)22(16)3;3-2(4,5)1(6)7/h5-12H,4,13H2,1-3H3,(H,21,24);(H,6,7)/b10-9+;. The normalized spacial score (nSPS) is 11.4. The van der Waals surface area contributed by atoms with Gasteiger partial charge in [-0.2, -0.15) is 13.2 Å². The zero-order chi connectivity index (χ0) is 23.2. The number of amides is 1. The second-order valence-electron chi connectivity index (χ2n) is 6.58. The number of aliphatic carboxylic acids is 1. The lowest BCUT2D eigenvalue weighted by Gasteiger charge is -2.07. The third-order valence-corrected chi connectivity index (χ3v) is 4.53. The van der Waals surface area contributed by atoms with Crippen LogP contribution in [0.5, 0.6) is 0 Å². The SMILES string of the molecule is CCn1c(CNC(=O)/C=C/c2cc3ccccc3n2C)cnc1C.O=C(O)C(F)(F)F. The Bertz CT molecular complexity index is 1100. The van der Waals surface area contributed by atoms with Crippen LogP contribution in [0.25, 0.3) is 17.0 Å². The molecular weight excluding hydrogens is 413 g/mol. The van der Waals surface area contributed by atoms with Crippen molar-refractivity contribution < 1.29 is 27.9 Å². The summed E-state index contributed by atoms with van der Waals surface area (Å²) in [5.41, 5.74) is 3.17. The van der Waals surface area contributed by atoms with Gasteiger partial charge in [0.25, 0.3) is 0 Å². The fraction of sp³-hybridized carbons (Fsp3) is 0.286. The molecule has 0 radical (unpaired) electrons. The molecule has 0 aliphatic carbocycles. The minimum absolute atomic E-state index is 0.109. The number of para-hydroxylation sites is 1. The van der Waals surface area contributed by atoms with E-state index in [1.807, 2.05) is 38.4 Å². The van der Waals surface area contributed by atoms with Crippen molar-refractivity contribution in [1.29, 1.82) is 0 Å². The first-order valence-corrected chi connectivity index (χ1v) is 9.36. The second kappa shape index (κ2) is 9.96. The van der Waals surface area contributed by atoms with Crippen LogP contribution < -0.4 is 5.32 Å². The smallest absolute Gasteiger partial charge is 0.475 e. The number of aryl methyl sites for hydroxylation is 2. The monoisotopic (exact) mass is 436 g/mol. The zero-order valence-corrected chi connectivity index (χ0v) is 17.3. The van der Waals surface area contributed by atoms with Gasteiger partial charge in [-0.25, -0.2) is 9.78 Å². The molecule has 2 aromatic heterocycles. The number of halogens is 3. The van der Waals surface area contributed by atoms with E-state index in [0.29, 0.717) is 6.54 Å². The first-order chi connectivity index (χ1) is 14.5. The summed E-state index contributed by atoms with van der Waals surface area (Å²) in [5, 5.41) is 11.2. The lowest BCUT2D eigenvalue weighted by Crippen LogP contribution is -2.22. The van der Waals surface area contributed by atoms with Gasteiger partial charge in [-0.05, 0) is 32.1 Å². The Hall–Kier alpha value is -3.56. The number of imidazole rings is 1. The molecule has 0 atom stereocenters. The predicted molar refractivity (Wildman–Crippen MR) is 110 cm³/mol. The third-order valence-electron chi connectivity index (χ3n) is 4.53. The highest BCUT2D eigenvalue weighted by Crippen LogP contribution is 2.19. The number of hydrogen-bond donors (Lipinski definition) is 2. The summed E-state index contributed by atoms with van der Waals surface area (Å²) in [5.74, 6) is -1.90. The third kappa shape index (κ3) is 6.21. The Morgan fingerprint density at radius 1 is 1.26 bits per heavy atom. The molecule has 1 aromatic carbocycles. The van der Waals surface area contributed by atoms with Crippen molar-refractivity contribution in [1.82, 2.24) is 19.4 Å². The first kappa shape index (κ1) is 23.7. The minimum Gasteiger partial charge on any atom is -0.475 e. The molecule has 0 saturated heterocycles. The first-order valence-electron chi connectivity index (χ1n) is 9.36. The summed E-state index contributed by atoms with van der Waals surface area (Å²) < 4.78 is 35.9. The van der Waals surface area contributed by atoms with Crippen molar-refractivity contribution in [3.05, 3.63) is 59.8 Å². The van der Waals surface area contributed by atoms with Gasteiger partial charge in [-0.15, -0.1) is 0 Å². The van der Waals surface area contributed by atoms with Crippen LogP contribution in [-0.4, -0.2) is 37.3 Å². The van der Waals surface area contributed by atoms with Gasteiger partial charge < -0.3 is 19.6 Å². The maximum absolute atomic E-state index is 12.1. The number of rotatable bonds is 5. The number of benzene rings is 1. The van der Waals surface area contributed by atoms with Crippen LogP contribution in [0.1, 0.15) is 24.1 Å². The predicted octanol–water partition coefficient (Wildman–Crippen LogP) is 3.67. The highest BCUT2D eigenvalue weighted by atomic mass is 19.4. The van der Waals surface area contributed by atoms with Crippen molar-refractivity contribution in [3.8, 4) is 0 Å². The number of alkyl halides is 3. The van der Waals surface area contributed by atoms with Gasteiger partial charge in [0.15, 0.2) is 0 Å². The lowest BCUT2D eigenvalue weighted by atomic mass is 10.2. The van der Waals surface area contributed by atoms with E-state index >= 15 is 0 Å². The van der Waals surface area contributed by atoms with E-state index in [4.69, 9.17) is 9.90 Å². The number of carbonyl (C=O) groups excluding carboxylic acids is 1. The van der Waals surface area contributed by atoms with Crippen molar-refractivity contribution in [2.24, 2.45) is 7.05 Å². The molecule has 0 aliphatic heterocycles. The van der Waals surface area contributed by atoms with Gasteiger partial charge in [0.05, 0.1) is 18.4 Å². The number of nitrogens with zero attached hydrogens (tertiary/aromatic N) is 3. The summed E-state index contributed by atoms with van der Waals surface area (Å²) in [4.78, 5) is 25.3. The molecule has 0 spiro atoms. The molecule has 0 unspecified atom stereocenters. The van der Waals surface area contributed by atoms with Crippen molar-refractivity contribution in [3.63, 3.8) is 0 Å². The molecule has 166 valence electrons. The number of carbonyl (C=O) groups is 2. The molecule has 0 fully saturated rings. The highest BCUT2D eigenvalue weighted by molar-refractivity contribution is 5.92. The van der Waals surface area contributed by atoms with Crippen LogP contribution in [0, 0.1) is 6.92 Å². The van der Waals surface area contributed by atoms with E-state index in [1.165, 1.54) is 5.39 Å². The number of aromatic nitrogens is 3. The molecule has 10 heteroatoms. The van der Waals surface area contributed by atoms with Crippen LogP contribution in [0.2, 0.25) is 0 Å². The van der Waals surface area contributed by atoms with Gasteiger partial charge >= 0.3 is 12.1 Å². The Kier molecular flexibility index (Phi) is 7.62. The average Bonchev–Trinajstić information content (AvgIpc) is 3.24. The topological polar surface area (TPSA) is 89.2 Å². The highest BCUT2D eigenvalue weighted by Gasteiger charge is 2.38. The van der Waals surface area contributed by atoms with Gasteiger partial charge in [-0.3, -0.25) is 4.79 Å². The molecule has 3 aromatic rings. The van der Waals surface area contributed by atoms with Crippen molar-refractivity contribution in [2.75, 3.05) is 0 Å². The van der Waals surface area contributed by atoms with Gasteiger partial charge in [0, 0.05) is 36.3 Å². The van der Waals surface area contributed by atoms with Crippen molar-refractivity contribution in [2.45, 2.75) is 33.1 Å². The van der Waals surface area contributed by atoms with Gasteiger partial charge in [-0.1, -0.05) is 18.2 Å². The largest absolute Gasteiger partial charge is 0.490 e. The Morgan fingerprint density at radius 3 is 2.48 bits per heavy atom. The molecule has 0 bridgehead atoms. The zero-order valence-electron chi connectivity index (χ0n) is 17.3. The summed E-state index contributed by atoms with van der Waals surface area (Å²) in [6.07, 6.45) is 0.151. The van der Waals surface area contributed by atoms with Crippen LogP contribution in [0.3, 0.4) is 0 Å². The molecule has 1 amide bonds. The fourth-order valence-electron chi connectivity index (χ4n) is 2.96. The second-order valence-corrected chi connectivity index (χ2v) is 6.58. The number of fused-ring (bicyclic) bond motifs is 1. The summed E-state index contributed by atoms with van der Waals surface area (Å²) in [6, 6.07) is 10.2. The molecule has 0 aliphatic rings. The lowest BCUT2D eigenvalue weighted by molar-refractivity contribution is -0.192. The van der Waals surface area contributed by atoms with E-state index < -0.39 is 12.1 Å². The van der Waals surface area contributed by atoms with Crippen LogP contribution in [-0.2, 0) is 29.7 Å². The maximum Gasteiger partial charge on any atom is 0.490 e. The molecule has 2 heterocycles. The van der Waals surface area contributed by atoms with E-state index in [0.717, 1.165) is 29.3 Å². The van der Waals surface area contributed by atoms with Crippen LogP contribution >= 0.6 is 0 Å². The van der Waals surface area contributed by atoms with Crippen molar-refractivity contribution >= 4 is 28.9 Å². The quantitative estimate of drug-likeness (QED) is 0.598. The van der Waals surface area contributed by atoms with E-state index in [1.54, 1.807) is 6.08 Å². The average molecular weight is 436 g/mol.